The number of sulfone groups is 1. The van der Waals surface area contributed by atoms with Gasteiger partial charge in [-0.1, -0.05) is 13.8 Å². The number of carboxylic acids is 1. The van der Waals surface area contributed by atoms with Crippen molar-refractivity contribution in [3.05, 3.63) is 47.4 Å². The molecule has 0 bridgehead atoms. The van der Waals surface area contributed by atoms with E-state index >= 15 is 0 Å². The lowest BCUT2D eigenvalue weighted by Crippen LogP contribution is -2.44. The van der Waals surface area contributed by atoms with Gasteiger partial charge >= 0.3 is 12.1 Å². The molecule has 0 radical (unpaired) electrons. The van der Waals surface area contributed by atoms with Crippen LogP contribution in [-0.4, -0.2) is 45.8 Å². The van der Waals surface area contributed by atoms with Crippen molar-refractivity contribution >= 4 is 38.8 Å². The van der Waals surface area contributed by atoms with Gasteiger partial charge in [0.2, 0.25) is 5.95 Å². The zero-order chi connectivity index (χ0) is 28.1. The quantitative estimate of drug-likeness (QED) is 0.378. The molecule has 0 spiro atoms. The minimum absolute atomic E-state index is 0.0961. The Morgan fingerprint density at radius 2 is 1.92 bits per heavy atom. The summed E-state index contributed by atoms with van der Waals surface area (Å²) in [5.41, 5.74) is -2.68. The molecule has 0 amide bonds. The van der Waals surface area contributed by atoms with Crippen LogP contribution < -0.4 is 5.32 Å². The predicted octanol–water partition coefficient (Wildman–Crippen LogP) is 4.86. The van der Waals surface area contributed by atoms with Crippen molar-refractivity contribution in [2.75, 3.05) is 11.6 Å². The number of halogens is 3. The summed E-state index contributed by atoms with van der Waals surface area (Å²) in [5.74, 6) is -1.90. The van der Waals surface area contributed by atoms with Gasteiger partial charge in [0.1, 0.15) is 16.3 Å². The monoisotopic (exact) mass is 570 g/mol. The molecule has 2 heterocycles. The average Bonchev–Trinajstić information content (AvgIpc) is 3.28. The second kappa shape index (κ2) is 9.58. The van der Waals surface area contributed by atoms with Crippen LogP contribution in [0.4, 0.5) is 24.8 Å². The Kier molecular flexibility index (Phi) is 7.04. The maximum Gasteiger partial charge on any atom is 0.433 e. The molecule has 9 nitrogen and oxygen atoms in total. The van der Waals surface area contributed by atoms with E-state index in [0.29, 0.717) is 15.4 Å². The SMILES string of the molecule is CC1(C)C[C@@](O)(c2ncc(-c3cc(Nc4nccc(C(F)(F)F)n4)cc(S(C)(=O)=O)c3)s2)CC[C@@H]1C(=O)O. The van der Waals surface area contributed by atoms with Gasteiger partial charge in [-0.15, -0.1) is 11.3 Å². The topological polar surface area (TPSA) is 142 Å². The molecule has 14 heteroatoms. The van der Waals surface area contributed by atoms with Gasteiger partial charge < -0.3 is 15.5 Å². The molecule has 2 atom stereocenters. The van der Waals surface area contributed by atoms with Crippen molar-refractivity contribution in [2.24, 2.45) is 11.3 Å². The Bertz CT molecular complexity index is 1490. The molecule has 1 fully saturated rings. The van der Waals surface area contributed by atoms with Crippen molar-refractivity contribution in [3.8, 4) is 10.4 Å². The van der Waals surface area contributed by atoms with Gasteiger partial charge in [-0.3, -0.25) is 4.79 Å². The molecule has 204 valence electrons. The van der Waals surface area contributed by atoms with Crippen LogP contribution in [0.2, 0.25) is 0 Å². The molecule has 0 saturated heterocycles. The van der Waals surface area contributed by atoms with Gasteiger partial charge in [0.25, 0.3) is 0 Å². The number of carbonyl (C=O) groups is 1. The van der Waals surface area contributed by atoms with Crippen molar-refractivity contribution < 1.29 is 36.6 Å². The lowest BCUT2D eigenvalue weighted by Gasteiger charge is -2.44. The molecule has 1 saturated carbocycles. The number of aliphatic carboxylic acids is 1. The first kappa shape index (κ1) is 27.9. The van der Waals surface area contributed by atoms with Crippen molar-refractivity contribution in [2.45, 2.75) is 49.8 Å². The third kappa shape index (κ3) is 5.81. The van der Waals surface area contributed by atoms with E-state index in [2.05, 4.69) is 20.3 Å². The van der Waals surface area contributed by atoms with Gasteiger partial charge in [-0.25, -0.2) is 23.4 Å². The largest absolute Gasteiger partial charge is 0.481 e. The van der Waals surface area contributed by atoms with Gasteiger partial charge in [-0.05, 0) is 54.5 Å². The molecular weight excluding hydrogens is 545 g/mol. The van der Waals surface area contributed by atoms with Crippen LogP contribution in [0.25, 0.3) is 10.4 Å². The average molecular weight is 571 g/mol. The van der Waals surface area contributed by atoms with Gasteiger partial charge in [0.15, 0.2) is 9.84 Å². The smallest absolute Gasteiger partial charge is 0.433 e. The first-order chi connectivity index (χ1) is 17.5. The fourth-order valence-corrected chi connectivity index (χ4v) is 6.44. The summed E-state index contributed by atoms with van der Waals surface area (Å²) in [7, 11) is -3.72. The van der Waals surface area contributed by atoms with Crippen LogP contribution in [0.3, 0.4) is 0 Å². The minimum Gasteiger partial charge on any atom is -0.481 e. The zero-order valence-corrected chi connectivity index (χ0v) is 22.2. The normalized spacial score (nSPS) is 21.7. The molecule has 1 aliphatic carbocycles. The minimum atomic E-state index is -4.68. The van der Waals surface area contributed by atoms with E-state index in [4.69, 9.17) is 0 Å². The second-order valence-corrected chi connectivity index (χ2v) is 13.1. The third-order valence-corrected chi connectivity index (χ3v) is 8.89. The lowest BCUT2D eigenvalue weighted by molar-refractivity contribution is -0.154. The Hall–Kier alpha value is -3.10. The number of thiazole rings is 1. The molecule has 1 aliphatic rings. The number of aliphatic hydroxyl groups is 1. The highest BCUT2D eigenvalue weighted by Gasteiger charge is 2.49. The lowest BCUT2D eigenvalue weighted by atomic mass is 9.63. The number of benzene rings is 1. The number of alkyl halides is 3. The van der Waals surface area contributed by atoms with E-state index < -0.39 is 44.6 Å². The van der Waals surface area contributed by atoms with Crippen LogP contribution in [0.1, 0.15) is 43.8 Å². The Labute approximate surface area is 220 Å². The van der Waals surface area contributed by atoms with Crippen LogP contribution in [-0.2, 0) is 26.4 Å². The number of aromatic nitrogens is 3. The molecule has 0 aliphatic heterocycles. The number of nitrogens with one attached hydrogen (secondary N) is 1. The first-order valence-corrected chi connectivity index (χ1v) is 14.1. The van der Waals surface area contributed by atoms with Crippen LogP contribution >= 0.6 is 11.3 Å². The highest BCUT2D eigenvalue weighted by atomic mass is 32.2. The fourth-order valence-electron chi connectivity index (χ4n) is 4.74. The van der Waals surface area contributed by atoms with Crippen molar-refractivity contribution in [1.29, 1.82) is 0 Å². The van der Waals surface area contributed by atoms with E-state index in [1.54, 1.807) is 13.8 Å². The van der Waals surface area contributed by atoms with Crippen LogP contribution in [0, 0.1) is 11.3 Å². The molecule has 3 aromatic rings. The molecule has 4 rings (SSSR count). The van der Waals surface area contributed by atoms with E-state index in [1.165, 1.54) is 24.4 Å². The summed E-state index contributed by atoms with van der Waals surface area (Å²) in [6, 6.07) is 4.90. The predicted molar refractivity (Wildman–Crippen MR) is 134 cm³/mol. The van der Waals surface area contributed by atoms with E-state index in [-0.39, 0.29) is 35.8 Å². The number of hydrogen-bond acceptors (Lipinski definition) is 9. The third-order valence-electron chi connectivity index (χ3n) is 6.56. The fraction of sp³-hybridized carbons (Fsp3) is 0.417. The Morgan fingerprint density at radius 3 is 2.53 bits per heavy atom. The number of anilines is 2. The zero-order valence-electron chi connectivity index (χ0n) is 20.6. The molecule has 3 N–H and O–H groups in total. The number of nitrogens with zero attached hydrogens (tertiary/aromatic N) is 3. The molecule has 2 aromatic heterocycles. The number of rotatable bonds is 6. The molecule has 0 unspecified atom stereocenters. The highest BCUT2D eigenvalue weighted by Crippen LogP contribution is 2.51. The van der Waals surface area contributed by atoms with E-state index in [9.17, 15) is 36.6 Å². The molecular formula is C24H25F3N4O5S2. The summed E-state index contributed by atoms with van der Waals surface area (Å²) in [5, 5.41) is 23.9. The first-order valence-electron chi connectivity index (χ1n) is 11.4. The molecule has 1 aromatic carbocycles. The maximum absolute atomic E-state index is 13.1. The van der Waals surface area contributed by atoms with Gasteiger partial charge in [-0.2, -0.15) is 13.2 Å². The maximum atomic E-state index is 13.1. The van der Waals surface area contributed by atoms with Crippen molar-refractivity contribution in [3.63, 3.8) is 0 Å². The van der Waals surface area contributed by atoms with E-state index in [1.807, 2.05) is 0 Å². The van der Waals surface area contributed by atoms with Gasteiger partial charge in [0.05, 0.1) is 15.7 Å². The summed E-state index contributed by atoms with van der Waals surface area (Å²) in [4.78, 5) is 23.7. The summed E-state index contributed by atoms with van der Waals surface area (Å²) >= 11 is 1.13. The summed E-state index contributed by atoms with van der Waals surface area (Å²) in [6.07, 6.45) is -0.633. The summed E-state index contributed by atoms with van der Waals surface area (Å²) < 4.78 is 63.9. The Balaban J connectivity index is 1.69. The van der Waals surface area contributed by atoms with E-state index in [0.717, 1.165) is 29.9 Å². The summed E-state index contributed by atoms with van der Waals surface area (Å²) in [6.45, 7) is 3.57. The number of carboxylic acid groups (broad SMARTS) is 1. The molecule has 38 heavy (non-hydrogen) atoms. The number of hydrogen-bond donors (Lipinski definition) is 3. The highest BCUT2D eigenvalue weighted by molar-refractivity contribution is 7.90. The van der Waals surface area contributed by atoms with Crippen LogP contribution in [0.5, 0.6) is 0 Å². The Morgan fingerprint density at radius 1 is 1.21 bits per heavy atom. The van der Waals surface area contributed by atoms with Crippen LogP contribution in [0.15, 0.2) is 41.6 Å². The standard InChI is InChI=1S/C24H25F3N4O5S2/c1-22(2)12-23(34,6-4-16(22)19(32)33)20-29-11-17(37-20)13-8-14(10-15(9-13)38(3,35)36)30-21-28-7-5-18(31-21)24(25,26)27/h5,7-11,16,34H,4,6,12H2,1-3H3,(H,32,33)(H,28,30,31)/t16-,23-/m1/s1. The van der Waals surface area contributed by atoms with Gasteiger partial charge in [0, 0.05) is 24.3 Å². The second-order valence-electron chi connectivity index (χ2n) is 10.1. The van der Waals surface area contributed by atoms with Crippen molar-refractivity contribution in [1.82, 2.24) is 15.0 Å².